The van der Waals surface area contributed by atoms with Crippen molar-refractivity contribution in [3.63, 3.8) is 0 Å². The van der Waals surface area contributed by atoms with Crippen molar-refractivity contribution in [3.8, 4) is 0 Å². The Balaban J connectivity index is 2.58. The van der Waals surface area contributed by atoms with Crippen LogP contribution in [0.1, 0.15) is 26.2 Å². The number of carbonyl (C=O) groups is 1. The van der Waals surface area contributed by atoms with E-state index >= 15 is 0 Å². The molecule has 0 radical (unpaired) electrons. The van der Waals surface area contributed by atoms with E-state index in [1.54, 1.807) is 7.05 Å². The lowest BCUT2D eigenvalue weighted by Crippen LogP contribution is -2.48. The highest BCUT2D eigenvalue weighted by Crippen LogP contribution is 2.36. The average molecular weight is 203 g/mol. The minimum Gasteiger partial charge on any atom is -0.480 e. The lowest BCUT2D eigenvalue weighted by atomic mass is 9.99. The molecule has 0 saturated heterocycles. The SMILES string of the molecule is CCSC1CCC(NC)(C(=O)O)C1. The molecule has 0 aromatic carbocycles. The lowest BCUT2D eigenvalue weighted by molar-refractivity contribution is -0.144. The summed E-state index contributed by atoms with van der Waals surface area (Å²) < 4.78 is 0. The maximum absolute atomic E-state index is 11.0. The summed E-state index contributed by atoms with van der Waals surface area (Å²) in [5.41, 5.74) is -0.646. The Bertz CT molecular complexity index is 198. The van der Waals surface area contributed by atoms with Crippen molar-refractivity contribution in [1.29, 1.82) is 0 Å². The van der Waals surface area contributed by atoms with E-state index in [9.17, 15) is 4.79 Å². The lowest BCUT2D eigenvalue weighted by Gasteiger charge is -2.23. The molecule has 1 fully saturated rings. The Kier molecular flexibility index (Phi) is 3.62. The number of thioether (sulfide) groups is 1. The van der Waals surface area contributed by atoms with Crippen LogP contribution in [-0.2, 0) is 4.79 Å². The largest absolute Gasteiger partial charge is 0.480 e. The third kappa shape index (κ3) is 2.17. The van der Waals surface area contributed by atoms with Crippen LogP contribution in [0.5, 0.6) is 0 Å². The first-order chi connectivity index (χ1) is 6.14. The number of aliphatic carboxylic acids is 1. The molecule has 1 aliphatic rings. The minimum atomic E-state index is -0.700. The van der Waals surface area contributed by atoms with Gasteiger partial charge in [0.2, 0.25) is 0 Å². The molecule has 0 aromatic heterocycles. The van der Waals surface area contributed by atoms with Crippen LogP contribution >= 0.6 is 11.8 Å². The first kappa shape index (κ1) is 10.9. The standard InChI is InChI=1S/C9H17NO2S/c1-3-13-7-4-5-9(6-7,10-2)8(11)12/h7,10H,3-6H2,1-2H3,(H,11,12). The predicted octanol–water partition coefficient (Wildman–Crippen LogP) is 1.33. The van der Waals surface area contributed by atoms with Crippen molar-refractivity contribution < 1.29 is 9.90 Å². The Morgan fingerprint density at radius 3 is 2.85 bits per heavy atom. The van der Waals surface area contributed by atoms with Gasteiger partial charge in [0.05, 0.1) is 0 Å². The van der Waals surface area contributed by atoms with Crippen molar-refractivity contribution in [2.75, 3.05) is 12.8 Å². The first-order valence-electron chi connectivity index (χ1n) is 4.68. The van der Waals surface area contributed by atoms with Crippen LogP contribution in [0, 0.1) is 0 Å². The maximum Gasteiger partial charge on any atom is 0.323 e. The summed E-state index contributed by atoms with van der Waals surface area (Å²) in [4.78, 5) is 11.0. The first-order valence-corrected chi connectivity index (χ1v) is 5.73. The van der Waals surface area contributed by atoms with Crippen LogP contribution < -0.4 is 5.32 Å². The zero-order chi connectivity index (χ0) is 9.90. The summed E-state index contributed by atoms with van der Waals surface area (Å²) in [6.45, 7) is 2.12. The van der Waals surface area contributed by atoms with Gasteiger partial charge in [-0.15, -0.1) is 0 Å². The number of rotatable bonds is 4. The van der Waals surface area contributed by atoms with Crippen molar-refractivity contribution >= 4 is 17.7 Å². The number of carboxylic acids is 1. The second-order valence-electron chi connectivity index (χ2n) is 3.46. The number of likely N-dealkylation sites (N-methyl/N-ethyl adjacent to an activating group) is 1. The smallest absolute Gasteiger partial charge is 0.323 e. The molecular weight excluding hydrogens is 186 g/mol. The molecule has 13 heavy (non-hydrogen) atoms. The topological polar surface area (TPSA) is 49.3 Å². The Morgan fingerprint density at radius 2 is 2.46 bits per heavy atom. The molecule has 0 aliphatic heterocycles. The molecule has 2 atom stereocenters. The molecule has 0 amide bonds. The van der Waals surface area contributed by atoms with Gasteiger partial charge in [0, 0.05) is 5.25 Å². The summed E-state index contributed by atoms with van der Waals surface area (Å²) in [5.74, 6) is 0.374. The van der Waals surface area contributed by atoms with Crippen LogP contribution in [-0.4, -0.2) is 34.7 Å². The fourth-order valence-corrected chi connectivity index (χ4v) is 3.06. The fourth-order valence-electron chi connectivity index (χ4n) is 1.91. The Hall–Kier alpha value is -0.220. The molecule has 2 N–H and O–H groups in total. The highest BCUT2D eigenvalue weighted by molar-refractivity contribution is 7.99. The molecule has 0 heterocycles. The molecule has 0 spiro atoms. The zero-order valence-electron chi connectivity index (χ0n) is 8.17. The van der Waals surface area contributed by atoms with Crippen LogP contribution in [0.2, 0.25) is 0 Å². The van der Waals surface area contributed by atoms with E-state index in [1.807, 2.05) is 11.8 Å². The van der Waals surface area contributed by atoms with Gasteiger partial charge in [-0.25, -0.2) is 0 Å². The second-order valence-corrected chi connectivity index (χ2v) is 5.03. The molecule has 1 rings (SSSR count). The van der Waals surface area contributed by atoms with Crippen LogP contribution in [0.25, 0.3) is 0 Å². The highest BCUT2D eigenvalue weighted by atomic mass is 32.2. The summed E-state index contributed by atoms with van der Waals surface area (Å²) in [7, 11) is 1.74. The van der Waals surface area contributed by atoms with Gasteiger partial charge >= 0.3 is 5.97 Å². The summed E-state index contributed by atoms with van der Waals surface area (Å²) >= 11 is 1.87. The van der Waals surface area contributed by atoms with Gasteiger partial charge in [-0.2, -0.15) is 11.8 Å². The summed E-state index contributed by atoms with van der Waals surface area (Å²) in [5, 5.41) is 12.6. The molecule has 0 aromatic rings. The molecule has 2 unspecified atom stereocenters. The number of hydrogen-bond donors (Lipinski definition) is 2. The quantitative estimate of drug-likeness (QED) is 0.724. The van der Waals surface area contributed by atoms with Gasteiger partial charge in [-0.3, -0.25) is 4.79 Å². The molecular formula is C9H17NO2S. The minimum absolute atomic E-state index is 0.522. The molecule has 1 aliphatic carbocycles. The third-order valence-corrected chi connectivity index (χ3v) is 3.97. The van der Waals surface area contributed by atoms with Crippen molar-refractivity contribution in [3.05, 3.63) is 0 Å². The molecule has 3 nitrogen and oxygen atoms in total. The summed E-state index contributed by atoms with van der Waals surface area (Å²) in [6.07, 6.45) is 2.54. The highest BCUT2D eigenvalue weighted by Gasteiger charge is 2.44. The fraction of sp³-hybridized carbons (Fsp3) is 0.889. The second kappa shape index (κ2) is 4.33. The molecule has 76 valence electrons. The van der Waals surface area contributed by atoms with E-state index in [4.69, 9.17) is 5.11 Å². The van der Waals surface area contributed by atoms with Gasteiger partial charge in [-0.05, 0) is 32.1 Å². The Morgan fingerprint density at radius 1 is 1.77 bits per heavy atom. The van der Waals surface area contributed by atoms with Crippen LogP contribution in [0.3, 0.4) is 0 Å². The van der Waals surface area contributed by atoms with Crippen molar-refractivity contribution in [2.24, 2.45) is 0 Å². The average Bonchev–Trinajstić information content (AvgIpc) is 2.50. The van der Waals surface area contributed by atoms with E-state index < -0.39 is 11.5 Å². The zero-order valence-corrected chi connectivity index (χ0v) is 8.99. The normalized spacial score (nSPS) is 33.5. The third-order valence-electron chi connectivity index (χ3n) is 2.76. The predicted molar refractivity (Wildman–Crippen MR) is 55.2 cm³/mol. The van der Waals surface area contributed by atoms with Crippen molar-refractivity contribution in [2.45, 2.75) is 37.0 Å². The van der Waals surface area contributed by atoms with Crippen LogP contribution in [0.15, 0.2) is 0 Å². The number of nitrogens with one attached hydrogen (secondary N) is 1. The van der Waals surface area contributed by atoms with Crippen LogP contribution in [0.4, 0.5) is 0 Å². The summed E-state index contributed by atoms with van der Waals surface area (Å²) in [6, 6.07) is 0. The molecule has 4 heteroatoms. The number of carboxylic acid groups (broad SMARTS) is 1. The van der Waals surface area contributed by atoms with Gasteiger partial charge in [0.15, 0.2) is 0 Å². The number of hydrogen-bond acceptors (Lipinski definition) is 3. The molecule has 0 bridgehead atoms. The van der Waals surface area contributed by atoms with E-state index in [2.05, 4.69) is 12.2 Å². The van der Waals surface area contributed by atoms with E-state index in [0.29, 0.717) is 5.25 Å². The van der Waals surface area contributed by atoms with Gasteiger partial charge in [-0.1, -0.05) is 6.92 Å². The van der Waals surface area contributed by atoms with E-state index in [0.717, 1.165) is 25.0 Å². The van der Waals surface area contributed by atoms with E-state index in [1.165, 1.54) is 0 Å². The van der Waals surface area contributed by atoms with Gasteiger partial charge in [0.1, 0.15) is 5.54 Å². The monoisotopic (exact) mass is 203 g/mol. The maximum atomic E-state index is 11.0. The van der Waals surface area contributed by atoms with Crippen molar-refractivity contribution in [1.82, 2.24) is 5.32 Å². The van der Waals surface area contributed by atoms with Gasteiger partial charge < -0.3 is 10.4 Å². The molecule has 1 saturated carbocycles. The Labute approximate surface area is 83.3 Å². The van der Waals surface area contributed by atoms with Gasteiger partial charge in [0.25, 0.3) is 0 Å². The van der Waals surface area contributed by atoms with E-state index in [-0.39, 0.29) is 0 Å².